The van der Waals surface area contributed by atoms with Crippen LogP contribution in [0.25, 0.3) is 0 Å². The average molecular weight is 855 g/mol. The monoisotopic (exact) mass is 854 g/mol. The van der Waals surface area contributed by atoms with Gasteiger partial charge >= 0.3 is 37.7 Å². The van der Waals surface area contributed by atoms with E-state index in [1.54, 1.807) is 48.8 Å². The zero-order valence-corrected chi connectivity index (χ0v) is 29.9. The second kappa shape index (κ2) is 22.1. The number of nitrogens with zero attached hydrogens (tertiary/aromatic N) is 4. The largest absolute Gasteiger partial charge is 3.00 e. The zero-order chi connectivity index (χ0) is 34.9. The minimum absolute atomic E-state index is 0. The van der Waals surface area contributed by atoms with Crippen LogP contribution >= 0.6 is 0 Å². The molecule has 0 aromatic heterocycles. The molecule has 1 aliphatic heterocycles. The molecule has 4 aromatic carbocycles. The first-order valence-electron chi connectivity index (χ1n) is 15.6. The number of para-hydroxylation sites is 4. The van der Waals surface area contributed by atoms with Crippen LogP contribution < -0.4 is 28.8 Å². The summed E-state index contributed by atoms with van der Waals surface area (Å²) in [4.78, 5) is 13.9. The summed E-state index contributed by atoms with van der Waals surface area (Å²) in [5.41, 5.74) is 5.02. The summed E-state index contributed by atoms with van der Waals surface area (Å²) in [7, 11) is -4.94. The molecule has 0 amide bonds. The van der Waals surface area contributed by atoms with Crippen LogP contribution in [0.2, 0.25) is 0 Å². The van der Waals surface area contributed by atoms with Crippen LogP contribution in [0.4, 0.5) is 11.4 Å². The van der Waals surface area contributed by atoms with Crippen LogP contribution in [0.3, 0.4) is 0 Å². The van der Waals surface area contributed by atoms with Crippen molar-refractivity contribution in [1.29, 1.82) is 0 Å². The molecule has 14 heteroatoms. The molecule has 0 N–H and O–H groups in total. The summed E-state index contributed by atoms with van der Waals surface area (Å²) in [6.45, 7) is 6.92. The van der Waals surface area contributed by atoms with Crippen molar-refractivity contribution in [1.82, 2.24) is 9.80 Å². The Hall–Kier alpha value is -2.95. The van der Waals surface area contributed by atoms with Gasteiger partial charge in [-0.3, -0.25) is 19.8 Å². The van der Waals surface area contributed by atoms with Gasteiger partial charge in [0.25, 0.3) is 0 Å². The van der Waals surface area contributed by atoms with E-state index in [1.165, 1.54) is 0 Å². The molecule has 12 nitrogen and oxygen atoms in total. The van der Waals surface area contributed by atoms with Gasteiger partial charge in [-0.1, -0.05) is 84.9 Å². The third-order valence-electron chi connectivity index (χ3n) is 7.50. The van der Waals surface area contributed by atoms with E-state index in [-0.39, 0.29) is 49.2 Å². The van der Waals surface area contributed by atoms with Gasteiger partial charge < -0.3 is 19.7 Å². The Bertz CT molecular complexity index is 1520. The van der Waals surface area contributed by atoms with E-state index in [9.17, 15) is 10.2 Å². The van der Waals surface area contributed by atoms with Crippen molar-refractivity contribution in [3.63, 3.8) is 0 Å². The van der Waals surface area contributed by atoms with Gasteiger partial charge in [0.2, 0.25) is 0 Å². The Morgan fingerprint density at radius 1 is 0.540 bits per heavy atom. The summed E-state index contributed by atoms with van der Waals surface area (Å²) >= 11 is 0. The molecule has 1 saturated heterocycles. The number of ether oxygens (including phenoxy) is 2. The Labute approximate surface area is 324 Å². The number of benzene rings is 4. The first-order chi connectivity index (χ1) is 23.7. The quantitative estimate of drug-likeness (QED) is 0.172. The molecule has 5 rings (SSSR count). The zero-order valence-electron chi connectivity index (χ0n) is 27.2. The maximum atomic E-state index is 12.1. The van der Waals surface area contributed by atoms with Gasteiger partial charge in [-0.25, -0.2) is 18.6 Å². The van der Waals surface area contributed by atoms with E-state index >= 15 is 0 Å². The van der Waals surface area contributed by atoms with Crippen molar-refractivity contribution in [2.45, 2.75) is 13.1 Å². The normalized spacial score (nSPS) is 15.4. The molecule has 268 valence electrons. The Morgan fingerprint density at radius 2 is 0.860 bits per heavy atom. The van der Waals surface area contributed by atoms with E-state index in [1.807, 2.05) is 48.5 Å². The SMILES string of the molecule is [Ho+3].[O-][Cl+3]([O-])([O-])[O-].[O-]c1ccccc1C=Nc1ccccc1CN1CCOCCN(Cc2ccccc2N=Cc2ccccc2[O-])CCOCC1. The molecule has 0 unspecified atom stereocenters. The molecule has 0 radical (unpaired) electrons. The number of rotatable bonds is 8. The minimum atomic E-state index is -4.94. The third-order valence-corrected chi connectivity index (χ3v) is 7.50. The number of hydrogen-bond acceptors (Lipinski definition) is 12. The van der Waals surface area contributed by atoms with Crippen LogP contribution in [0, 0.1) is 48.0 Å². The van der Waals surface area contributed by atoms with Crippen molar-refractivity contribution in [3.8, 4) is 11.5 Å². The fraction of sp³-hybridized carbons (Fsp3) is 0.278. The van der Waals surface area contributed by atoms with Gasteiger partial charge in [0.1, 0.15) is 0 Å². The van der Waals surface area contributed by atoms with Gasteiger partial charge in [0.05, 0.1) is 37.8 Å². The summed E-state index contributed by atoms with van der Waals surface area (Å²) in [5, 5.41) is 24.2. The molecule has 0 aliphatic carbocycles. The second-order valence-corrected chi connectivity index (χ2v) is 11.8. The van der Waals surface area contributed by atoms with Crippen molar-refractivity contribution in [3.05, 3.63) is 119 Å². The second-order valence-electron chi connectivity index (χ2n) is 11.0. The van der Waals surface area contributed by atoms with Crippen molar-refractivity contribution >= 4 is 23.8 Å². The van der Waals surface area contributed by atoms with E-state index in [2.05, 4.69) is 31.9 Å². The fourth-order valence-electron chi connectivity index (χ4n) is 4.99. The van der Waals surface area contributed by atoms with E-state index in [0.29, 0.717) is 50.6 Å². The fourth-order valence-corrected chi connectivity index (χ4v) is 4.99. The van der Waals surface area contributed by atoms with Gasteiger partial charge in [-0.2, -0.15) is 0 Å². The summed E-state index contributed by atoms with van der Waals surface area (Å²) < 4.78 is 46.1. The predicted octanol–water partition coefficient (Wildman–Crippen LogP) is -0.0700. The smallest absolute Gasteiger partial charge is 0.872 e. The average Bonchev–Trinajstić information content (AvgIpc) is 3.06. The molecule has 4 aromatic rings. The van der Waals surface area contributed by atoms with Crippen LogP contribution in [0.5, 0.6) is 11.5 Å². The van der Waals surface area contributed by atoms with Crippen LogP contribution in [-0.4, -0.2) is 74.8 Å². The predicted molar refractivity (Wildman–Crippen MR) is 171 cm³/mol. The van der Waals surface area contributed by atoms with Crippen molar-refractivity contribution in [2.75, 3.05) is 52.6 Å². The van der Waals surface area contributed by atoms with Gasteiger partial charge in [-0.15, -0.1) is 21.7 Å². The first-order valence-corrected chi connectivity index (χ1v) is 16.9. The molecule has 0 atom stereocenters. The Kier molecular flexibility index (Phi) is 18.3. The summed E-state index contributed by atoms with van der Waals surface area (Å²) in [5.74, 6) is -0.0753. The Balaban J connectivity index is 0.00000105. The van der Waals surface area contributed by atoms with Gasteiger partial charge in [0.15, 0.2) is 0 Å². The van der Waals surface area contributed by atoms with Crippen LogP contribution in [0.1, 0.15) is 22.3 Å². The maximum Gasteiger partial charge on any atom is 3.00 e. The topological polar surface area (TPSA) is 188 Å². The number of hydrogen-bond donors (Lipinski definition) is 0. The van der Waals surface area contributed by atoms with E-state index < -0.39 is 10.2 Å². The Morgan fingerprint density at radius 3 is 1.22 bits per heavy atom. The number of halogens is 1. The molecule has 0 bridgehead atoms. The van der Waals surface area contributed by atoms with Crippen LogP contribution in [-0.2, 0) is 22.6 Å². The minimum Gasteiger partial charge on any atom is -0.872 e. The van der Waals surface area contributed by atoms with Crippen LogP contribution in [0.15, 0.2) is 107 Å². The molecule has 1 heterocycles. The number of aliphatic imine (C=N–C) groups is 2. The van der Waals surface area contributed by atoms with E-state index in [0.717, 1.165) is 48.7 Å². The van der Waals surface area contributed by atoms with Crippen molar-refractivity contribution in [2.24, 2.45) is 9.98 Å². The molecule has 50 heavy (non-hydrogen) atoms. The third kappa shape index (κ3) is 15.5. The van der Waals surface area contributed by atoms with E-state index in [4.69, 9.17) is 28.1 Å². The molecule has 1 fully saturated rings. The first kappa shape index (κ1) is 41.5. The van der Waals surface area contributed by atoms with Gasteiger partial charge in [0, 0.05) is 51.7 Å². The molecule has 0 saturated carbocycles. The molecular formula is C36H38ClHoN4O8. The molecule has 0 spiro atoms. The standard InChI is InChI=1S/C36H40N4O4.ClHO4.Ho/c41-35-15-7-3-9-29(35)25-37-33-13-5-1-11-31(33)27-39-17-21-43-23-19-40(20-24-44-22-18-39)28-32-12-2-6-14-34(32)38-26-30-10-4-8-16-36(30)42;2-1(3,4)5;/h1-16,25-26,41-42H,17-24,27-28H2;(H,2,3,4,5);/q;;+3/p-3. The summed E-state index contributed by atoms with van der Waals surface area (Å²) in [6.07, 6.45) is 3.29. The van der Waals surface area contributed by atoms with Gasteiger partial charge in [-0.05, 0) is 34.4 Å². The van der Waals surface area contributed by atoms with Crippen molar-refractivity contribution < 1.29 is 86.3 Å². The summed E-state index contributed by atoms with van der Waals surface area (Å²) in [6, 6.07) is 29.9. The molecule has 1 aliphatic rings. The maximum absolute atomic E-state index is 12.1. The molecular weight excluding hydrogens is 817 g/mol.